The number of hydrogen-bond acceptors (Lipinski definition) is 5. The molecule has 3 aromatic rings. The first kappa shape index (κ1) is 21.2. The fourth-order valence-electron chi connectivity index (χ4n) is 3.51. The van der Waals surface area contributed by atoms with E-state index in [4.69, 9.17) is 21.1 Å². The molecule has 0 aliphatic carbocycles. The predicted molar refractivity (Wildman–Crippen MR) is 120 cm³/mol. The zero-order chi connectivity index (χ0) is 21.6. The van der Waals surface area contributed by atoms with Gasteiger partial charge in [0.05, 0.1) is 19.3 Å². The van der Waals surface area contributed by atoms with E-state index < -0.39 is 0 Å². The van der Waals surface area contributed by atoms with E-state index >= 15 is 0 Å². The lowest BCUT2D eigenvalue weighted by molar-refractivity contribution is -0.117. The Morgan fingerprint density at radius 2 is 2.06 bits per heavy atom. The number of halogens is 1. The summed E-state index contributed by atoms with van der Waals surface area (Å²) in [7, 11) is 0. The van der Waals surface area contributed by atoms with Gasteiger partial charge in [-0.2, -0.15) is 5.10 Å². The van der Waals surface area contributed by atoms with Crippen molar-refractivity contribution in [3.8, 4) is 11.5 Å². The van der Waals surface area contributed by atoms with E-state index in [1.54, 1.807) is 16.9 Å². The van der Waals surface area contributed by atoms with Crippen LogP contribution in [0.4, 0.5) is 5.82 Å². The van der Waals surface area contributed by atoms with Crippen LogP contribution in [0.25, 0.3) is 0 Å². The highest BCUT2D eigenvalue weighted by Crippen LogP contribution is 2.31. The number of benzene rings is 2. The van der Waals surface area contributed by atoms with Gasteiger partial charge in [-0.3, -0.25) is 9.69 Å². The van der Waals surface area contributed by atoms with Crippen molar-refractivity contribution in [2.45, 2.75) is 19.6 Å². The molecule has 162 valence electrons. The van der Waals surface area contributed by atoms with Gasteiger partial charge < -0.3 is 14.8 Å². The van der Waals surface area contributed by atoms with E-state index in [9.17, 15) is 4.79 Å². The topological polar surface area (TPSA) is 68.6 Å². The Balaban J connectivity index is 1.32. The van der Waals surface area contributed by atoms with Crippen LogP contribution in [0.3, 0.4) is 0 Å². The van der Waals surface area contributed by atoms with E-state index in [1.165, 1.54) is 0 Å². The summed E-state index contributed by atoms with van der Waals surface area (Å²) < 4.78 is 13.5. The Labute approximate surface area is 186 Å². The van der Waals surface area contributed by atoms with Gasteiger partial charge in [-0.15, -0.1) is 0 Å². The number of carbonyl (C=O) groups excluding carboxylic acids is 1. The van der Waals surface area contributed by atoms with Crippen molar-refractivity contribution in [3.05, 3.63) is 71.4 Å². The number of hydrogen-bond donors (Lipinski definition) is 1. The van der Waals surface area contributed by atoms with Gasteiger partial charge in [0.1, 0.15) is 18.5 Å². The Morgan fingerprint density at radius 3 is 2.87 bits per heavy atom. The van der Waals surface area contributed by atoms with E-state index in [2.05, 4.69) is 10.4 Å². The number of nitrogens with one attached hydrogen (secondary N) is 1. The molecule has 1 N–H and O–H groups in total. The molecular weight excluding hydrogens is 416 g/mol. The number of aromatic nitrogens is 2. The first-order valence-corrected chi connectivity index (χ1v) is 10.7. The van der Waals surface area contributed by atoms with Gasteiger partial charge in [0.15, 0.2) is 11.5 Å². The van der Waals surface area contributed by atoms with Gasteiger partial charge in [0.25, 0.3) is 0 Å². The summed E-state index contributed by atoms with van der Waals surface area (Å²) in [6.07, 6.45) is 1.54. The molecular formula is C23H25ClN4O3. The van der Waals surface area contributed by atoms with Gasteiger partial charge in [0, 0.05) is 17.6 Å². The van der Waals surface area contributed by atoms with E-state index in [0.29, 0.717) is 30.5 Å². The largest absolute Gasteiger partial charge is 0.486 e. The number of amides is 1. The molecule has 1 aromatic heterocycles. The maximum Gasteiger partial charge on any atom is 0.239 e. The molecule has 7 nitrogen and oxygen atoms in total. The molecule has 0 saturated heterocycles. The van der Waals surface area contributed by atoms with Gasteiger partial charge in [-0.1, -0.05) is 42.8 Å². The minimum atomic E-state index is -0.129. The molecule has 0 unspecified atom stereocenters. The number of para-hydroxylation sites is 2. The summed E-state index contributed by atoms with van der Waals surface area (Å²) in [5, 5.41) is 7.95. The quantitative estimate of drug-likeness (QED) is 0.578. The molecule has 31 heavy (non-hydrogen) atoms. The molecule has 1 aliphatic heterocycles. The fourth-order valence-corrected chi connectivity index (χ4v) is 3.72. The predicted octanol–water partition coefficient (Wildman–Crippen LogP) is 3.69. The summed E-state index contributed by atoms with van der Waals surface area (Å²) in [5.41, 5.74) is 1.01. The number of likely N-dealkylation sites (N-methyl/N-ethyl adjacent to an activating group) is 1. The lowest BCUT2D eigenvalue weighted by Gasteiger charge is -2.30. The van der Waals surface area contributed by atoms with Crippen LogP contribution in [0.5, 0.6) is 11.5 Å². The minimum absolute atomic E-state index is 0.105. The highest BCUT2D eigenvalue weighted by Gasteiger charge is 2.23. The minimum Gasteiger partial charge on any atom is -0.486 e. The van der Waals surface area contributed by atoms with Crippen LogP contribution < -0.4 is 14.8 Å². The lowest BCUT2D eigenvalue weighted by atomic mass is 10.2. The fraction of sp³-hybridized carbons (Fsp3) is 0.304. The van der Waals surface area contributed by atoms with Crippen molar-refractivity contribution < 1.29 is 14.3 Å². The maximum absolute atomic E-state index is 12.7. The van der Waals surface area contributed by atoms with Crippen LogP contribution in [-0.4, -0.2) is 52.9 Å². The molecule has 0 saturated carbocycles. The molecule has 1 atom stereocenters. The molecule has 8 heteroatoms. The Hall–Kier alpha value is -3.03. The summed E-state index contributed by atoms with van der Waals surface area (Å²) in [6.45, 7) is 4.57. The van der Waals surface area contributed by atoms with Crippen LogP contribution in [0.2, 0.25) is 5.02 Å². The Morgan fingerprint density at radius 1 is 1.23 bits per heavy atom. The summed E-state index contributed by atoms with van der Waals surface area (Å²) in [6, 6.07) is 17.0. The van der Waals surface area contributed by atoms with E-state index in [0.717, 1.165) is 23.6 Å². The zero-order valence-electron chi connectivity index (χ0n) is 17.3. The van der Waals surface area contributed by atoms with Gasteiger partial charge in [-0.05, 0) is 36.4 Å². The van der Waals surface area contributed by atoms with E-state index in [1.807, 2.05) is 60.4 Å². The van der Waals surface area contributed by atoms with Gasteiger partial charge in [-0.25, -0.2) is 4.68 Å². The van der Waals surface area contributed by atoms with Crippen LogP contribution >= 0.6 is 11.6 Å². The molecule has 1 aliphatic rings. The van der Waals surface area contributed by atoms with E-state index in [-0.39, 0.29) is 18.6 Å². The second-order valence-electron chi connectivity index (χ2n) is 7.38. The monoisotopic (exact) mass is 440 g/mol. The van der Waals surface area contributed by atoms with Crippen molar-refractivity contribution in [3.63, 3.8) is 0 Å². The third-order valence-corrected chi connectivity index (χ3v) is 5.28. The van der Waals surface area contributed by atoms with Gasteiger partial charge in [0.2, 0.25) is 5.91 Å². The van der Waals surface area contributed by atoms with Crippen LogP contribution in [0, 0.1) is 0 Å². The first-order valence-electron chi connectivity index (χ1n) is 10.3. The number of carbonyl (C=O) groups is 1. The van der Waals surface area contributed by atoms with Crippen molar-refractivity contribution >= 4 is 23.3 Å². The second-order valence-corrected chi connectivity index (χ2v) is 7.81. The summed E-state index contributed by atoms with van der Waals surface area (Å²) >= 11 is 6.07. The number of nitrogens with zero attached hydrogens (tertiary/aromatic N) is 3. The number of ether oxygens (including phenoxy) is 2. The first-order chi connectivity index (χ1) is 15.1. The average Bonchev–Trinajstić information content (AvgIpc) is 3.19. The third-order valence-electron chi connectivity index (χ3n) is 5.05. The summed E-state index contributed by atoms with van der Waals surface area (Å²) in [5.74, 6) is 2.04. The van der Waals surface area contributed by atoms with Crippen LogP contribution in [0.15, 0.2) is 60.8 Å². The van der Waals surface area contributed by atoms with Crippen LogP contribution in [-0.2, 0) is 11.3 Å². The van der Waals surface area contributed by atoms with Gasteiger partial charge >= 0.3 is 0 Å². The Kier molecular flexibility index (Phi) is 6.74. The maximum atomic E-state index is 12.7. The Bertz CT molecular complexity index is 1040. The number of rotatable bonds is 8. The highest BCUT2D eigenvalue weighted by atomic mass is 35.5. The normalized spacial score (nSPS) is 15.1. The molecule has 0 radical (unpaired) electrons. The van der Waals surface area contributed by atoms with Crippen LogP contribution in [0.1, 0.15) is 12.5 Å². The standard InChI is InChI=1S/C23H25ClN4O3/c1-2-27(14-19-16-30-20-8-3-4-9-21(20)31-19)15-23(29)26-22-10-11-25-28(22)13-17-6-5-7-18(24)12-17/h3-12,19H,2,13-16H2,1H3,(H,26,29)/t19-/m1/s1. The van der Waals surface area contributed by atoms with Crippen molar-refractivity contribution in [2.24, 2.45) is 0 Å². The zero-order valence-corrected chi connectivity index (χ0v) is 18.1. The highest BCUT2D eigenvalue weighted by molar-refractivity contribution is 6.30. The average molecular weight is 441 g/mol. The number of fused-ring (bicyclic) bond motifs is 1. The van der Waals surface area contributed by atoms with Crippen molar-refractivity contribution in [1.29, 1.82) is 0 Å². The second kappa shape index (κ2) is 9.85. The molecule has 2 aromatic carbocycles. The van der Waals surface area contributed by atoms with Crippen molar-refractivity contribution in [2.75, 3.05) is 31.6 Å². The lowest BCUT2D eigenvalue weighted by Crippen LogP contribution is -2.43. The molecule has 0 bridgehead atoms. The molecule has 1 amide bonds. The molecule has 0 spiro atoms. The SMILES string of the molecule is CCN(CC(=O)Nc1ccnn1Cc1cccc(Cl)c1)C[C@@H]1COc2ccccc2O1. The summed E-state index contributed by atoms with van der Waals surface area (Å²) in [4.78, 5) is 14.7. The molecule has 2 heterocycles. The smallest absolute Gasteiger partial charge is 0.239 e. The number of anilines is 1. The molecule has 4 rings (SSSR count). The van der Waals surface area contributed by atoms with Crippen molar-refractivity contribution in [1.82, 2.24) is 14.7 Å². The third kappa shape index (κ3) is 5.57. The molecule has 0 fully saturated rings.